The van der Waals surface area contributed by atoms with Crippen molar-refractivity contribution in [3.05, 3.63) is 12.2 Å². The van der Waals surface area contributed by atoms with E-state index in [1.807, 2.05) is 16.6 Å². The van der Waals surface area contributed by atoms with Gasteiger partial charge in [0.1, 0.15) is 18.8 Å². The fraction of sp³-hybridized carbons (Fsp3) is 0.750. The number of morpholine rings is 1. The molecule has 1 aromatic rings. The molecule has 2 fully saturated rings. The van der Waals surface area contributed by atoms with Gasteiger partial charge >= 0.3 is 0 Å². The van der Waals surface area contributed by atoms with Gasteiger partial charge in [-0.1, -0.05) is 0 Å². The molecule has 1 spiro atoms. The molecule has 4 heterocycles. The summed E-state index contributed by atoms with van der Waals surface area (Å²) < 4.78 is 7.70. The lowest BCUT2D eigenvalue weighted by molar-refractivity contribution is -0.171. The van der Waals surface area contributed by atoms with Gasteiger partial charge in [0.2, 0.25) is 11.8 Å². The Morgan fingerprint density at radius 2 is 2.17 bits per heavy atom. The summed E-state index contributed by atoms with van der Waals surface area (Å²) in [6, 6.07) is 0. The Morgan fingerprint density at radius 3 is 2.92 bits per heavy atom. The molecule has 8 heteroatoms. The van der Waals surface area contributed by atoms with Gasteiger partial charge in [-0.25, -0.2) is 9.67 Å². The Balaban J connectivity index is 1.36. The van der Waals surface area contributed by atoms with Crippen LogP contribution in [0.2, 0.25) is 0 Å². The molecule has 1 atom stereocenters. The second kappa shape index (κ2) is 5.84. The smallest absolute Gasteiger partial charge is 0.248 e. The topological polar surface area (TPSA) is 80.6 Å². The predicted molar refractivity (Wildman–Crippen MR) is 84.0 cm³/mol. The number of aromatic nitrogens is 3. The van der Waals surface area contributed by atoms with Gasteiger partial charge in [-0.3, -0.25) is 9.59 Å². The van der Waals surface area contributed by atoms with Crippen LogP contribution in [0.3, 0.4) is 0 Å². The van der Waals surface area contributed by atoms with Gasteiger partial charge < -0.3 is 14.5 Å². The Hall–Kier alpha value is -1.96. The summed E-state index contributed by atoms with van der Waals surface area (Å²) in [4.78, 5) is 32.3. The van der Waals surface area contributed by atoms with Crippen molar-refractivity contribution in [3.63, 3.8) is 0 Å². The van der Waals surface area contributed by atoms with Crippen molar-refractivity contribution in [1.29, 1.82) is 0 Å². The number of likely N-dealkylation sites (N-methyl/N-ethyl adjacent to an activating group) is 1. The molecule has 0 bridgehead atoms. The van der Waals surface area contributed by atoms with Crippen molar-refractivity contribution < 1.29 is 14.3 Å². The number of piperidine rings is 1. The van der Waals surface area contributed by atoms with Crippen LogP contribution in [0.25, 0.3) is 0 Å². The van der Waals surface area contributed by atoms with Crippen LogP contribution in [-0.2, 0) is 27.3 Å². The van der Waals surface area contributed by atoms with Crippen LogP contribution in [0, 0.1) is 5.92 Å². The average molecular weight is 333 g/mol. The summed E-state index contributed by atoms with van der Waals surface area (Å²) in [5.74, 6) is 1.21. The second-order valence-electron chi connectivity index (χ2n) is 7.14. The maximum Gasteiger partial charge on any atom is 0.248 e. The van der Waals surface area contributed by atoms with Crippen LogP contribution < -0.4 is 0 Å². The molecule has 8 nitrogen and oxygen atoms in total. The van der Waals surface area contributed by atoms with Crippen LogP contribution in [0.4, 0.5) is 0 Å². The molecule has 0 N–H and O–H groups in total. The minimum atomic E-state index is -0.273. The normalized spacial score (nSPS) is 26.5. The number of amides is 2. The third kappa shape index (κ3) is 2.68. The first kappa shape index (κ1) is 15.6. The van der Waals surface area contributed by atoms with Crippen molar-refractivity contribution >= 4 is 11.8 Å². The monoisotopic (exact) mass is 333 g/mol. The van der Waals surface area contributed by atoms with E-state index in [-0.39, 0.29) is 29.9 Å². The Labute approximate surface area is 140 Å². The van der Waals surface area contributed by atoms with Gasteiger partial charge in [0, 0.05) is 33.1 Å². The van der Waals surface area contributed by atoms with E-state index in [9.17, 15) is 9.59 Å². The third-order valence-corrected chi connectivity index (χ3v) is 5.59. The first-order valence-electron chi connectivity index (χ1n) is 8.60. The van der Waals surface area contributed by atoms with Gasteiger partial charge in [0.25, 0.3) is 0 Å². The quantitative estimate of drug-likeness (QED) is 0.704. The molecule has 3 aliphatic rings. The summed E-state index contributed by atoms with van der Waals surface area (Å²) >= 11 is 0. The average Bonchev–Trinajstić information content (AvgIpc) is 3.06. The molecule has 0 aromatic carbocycles. The van der Waals surface area contributed by atoms with Crippen LogP contribution >= 0.6 is 0 Å². The van der Waals surface area contributed by atoms with Crippen LogP contribution in [0.1, 0.15) is 25.1 Å². The van der Waals surface area contributed by atoms with Crippen molar-refractivity contribution in [2.75, 3.05) is 33.3 Å². The molecule has 1 aromatic heterocycles. The molecule has 24 heavy (non-hydrogen) atoms. The fourth-order valence-corrected chi connectivity index (χ4v) is 4.03. The zero-order chi connectivity index (χ0) is 16.7. The van der Waals surface area contributed by atoms with Crippen LogP contribution in [0.5, 0.6) is 0 Å². The largest absolute Gasteiger partial charge is 0.363 e. The number of nitrogens with zero attached hydrogens (tertiary/aromatic N) is 5. The maximum absolute atomic E-state index is 12.8. The number of likely N-dealkylation sites (tertiary alicyclic amines) is 1. The van der Waals surface area contributed by atoms with E-state index >= 15 is 0 Å². The number of carbonyl (C=O) groups excluding carboxylic acids is 2. The highest BCUT2D eigenvalue weighted by Crippen LogP contribution is 2.31. The lowest BCUT2D eigenvalue weighted by atomic mass is 9.88. The molecule has 130 valence electrons. The zero-order valence-corrected chi connectivity index (χ0v) is 14.0. The predicted octanol–water partition coefficient (Wildman–Crippen LogP) is -0.310. The molecule has 0 aliphatic carbocycles. The van der Waals surface area contributed by atoms with E-state index in [1.165, 1.54) is 0 Å². The lowest BCUT2D eigenvalue weighted by Crippen LogP contribution is -2.58. The van der Waals surface area contributed by atoms with Crippen molar-refractivity contribution in [1.82, 2.24) is 24.6 Å². The van der Waals surface area contributed by atoms with Crippen LogP contribution in [-0.4, -0.2) is 75.3 Å². The molecule has 0 saturated carbocycles. The number of aryl methyl sites for hydroxylation is 1. The zero-order valence-electron chi connectivity index (χ0n) is 14.0. The summed E-state index contributed by atoms with van der Waals surface area (Å²) in [6.45, 7) is 2.80. The second-order valence-corrected chi connectivity index (χ2v) is 7.14. The molecular weight excluding hydrogens is 310 g/mol. The minimum Gasteiger partial charge on any atom is -0.363 e. The van der Waals surface area contributed by atoms with E-state index in [4.69, 9.17) is 4.74 Å². The Morgan fingerprint density at radius 1 is 1.38 bits per heavy atom. The summed E-state index contributed by atoms with van der Waals surface area (Å²) in [7, 11) is 1.82. The molecule has 1 unspecified atom stereocenters. The van der Waals surface area contributed by atoms with Gasteiger partial charge in [0.15, 0.2) is 0 Å². The highest BCUT2D eigenvalue weighted by atomic mass is 16.5. The van der Waals surface area contributed by atoms with E-state index in [2.05, 4.69) is 10.1 Å². The highest BCUT2D eigenvalue weighted by molar-refractivity contribution is 5.79. The number of hydrogen-bond donors (Lipinski definition) is 0. The summed E-state index contributed by atoms with van der Waals surface area (Å²) in [5.41, 5.74) is -0.273. The molecule has 2 amide bonds. The third-order valence-electron chi connectivity index (χ3n) is 5.59. The standard InChI is InChI=1S/C16H23N5O3/c1-19-10-16(24-9-14(19)22)4-6-20(7-5-16)15(23)12-2-3-13-17-11-18-21(13)8-12/h11-12H,2-10H2,1H3. The van der Waals surface area contributed by atoms with Crippen LogP contribution in [0.15, 0.2) is 6.33 Å². The maximum atomic E-state index is 12.8. The van der Waals surface area contributed by atoms with E-state index in [0.717, 1.165) is 31.5 Å². The first-order valence-corrected chi connectivity index (χ1v) is 8.60. The van der Waals surface area contributed by atoms with Gasteiger partial charge in [0.05, 0.1) is 18.1 Å². The van der Waals surface area contributed by atoms with Crippen molar-refractivity contribution in [2.45, 2.75) is 37.8 Å². The number of carbonyl (C=O) groups is 2. The van der Waals surface area contributed by atoms with Crippen molar-refractivity contribution in [2.24, 2.45) is 5.92 Å². The number of hydrogen-bond acceptors (Lipinski definition) is 5. The molecule has 0 radical (unpaired) electrons. The minimum absolute atomic E-state index is 0.00947. The van der Waals surface area contributed by atoms with E-state index in [1.54, 1.807) is 11.2 Å². The van der Waals surface area contributed by atoms with Gasteiger partial charge in [-0.15, -0.1) is 0 Å². The van der Waals surface area contributed by atoms with Crippen molar-refractivity contribution in [3.8, 4) is 0 Å². The lowest BCUT2D eigenvalue weighted by Gasteiger charge is -2.46. The number of fused-ring (bicyclic) bond motifs is 1. The molecule has 2 saturated heterocycles. The fourth-order valence-electron chi connectivity index (χ4n) is 4.03. The number of rotatable bonds is 1. The van der Waals surface area contributed by atoms with Gasteiger partial charge in [-0.2, -0.15) is 5.10 Å². The molecule has 3 aliphatic heterocycles. The summed E-state index contributed by atoms with van der Waals surface area (Å²) in [6.07, 6.45) is 4.79. The van der Waals surface area contributed by atoms with Gasteiger partial charge in [-0.05, 0) is 19.3 Å². The summed E-state index contributed by atoms with van der Waals surface area (Å²) in [5, 5.41) is 4.20. The Bertz CT molecular complexity index is 650. The molecule has 4 rings (SSSR count). The molecular formula is C16H23N5O3. The Kier molecular flexibility index (Phi) is 3.79. The first-order chi connectivity index (χ1) is 11.6. The SMILES string of the molecule is CN1CC2(CCN(C(=O)C3CCc4ncnn4C3)CC2)OCC1=O. The number of ether oxygens (including phenoxy) is 1. The van der Waals surface area contributed by atoms with E-state index in [0.29, 0.717) is 26.2 Å². The van der Waals surface area contributed by atoms with E-state index < -0.39 is 0 Å². The highest BCUT2D eigenvalue weighted by Gasteiger charge is 2.42.